The minimum absolute atomic E-state index is 0.184. The molecule has 1 atom stereocenters. The molecule has 0 saturated carbocycles. The van der Waals surface area contributed by atoms with Crippen LogP contribution >= 0.6 is 15.9 Å². The Kier molecular flexibility index (Phi) is 4.77. The first kappa shape index (κ1) is 13.5. The van der Waals surface area contributed by atoms with Crippen LogP contribution in [0.3, 0.4) is 0 Å². The van der Waals surface area contributed by atoms with Gasteiger partial charge in [0, 0.05) is 16.6 Å². The molecule has 0 aliphatic heterocycles. The van der Waals surface area contributed by atoms with Gasteiger partial charge in [0.15, 0.2) is 0 Å². The zero-order valence-corrected chi connectivity index (χ0v) is 11.4. The lowest BCUT2D eigenvalue weighted by atomic mass is 9.99. The molecule has 1 rings (SSSR count). The Balaban J connectivity index is 3.26. The topological polar surface area (TPSA) is 55.5 Å². The van der Waals surface area contributed by atoms with Crippen molar-refractivity contribution in [2.45, 2.75) is 25.9 Å². The molecule has 0 aliphatic carbocycles. The van der Waals surface area contributed by atoms with Crippen molar-refractivity contribution in [3.63, 3.8) is 0 Å². The van der Waals surface area contributed by atoms with Crippen LogP contribution in [0.15, 0.2) is 16.6 Å². The molecule has 0 fully saturated rings. The van der Waals surface area contributed by atoms with Gasteiger partial charge in [0.2, 0.25) is 0 Å². The van der Waals surface area contributed by atoms with Crippen molar-refractivity contribution in [3.05, 3.63) is 27.7 Å². The SMILES string of the molecule is COc1cc(C(C)C)c(Br)cc1C(O)CN. The number of nitrogens with two attached hydrogens (primary N) is 1. The molecule has 0 bridgehead atoms. The lowest BCUT2D eigenvalue weighted by Crippen LogP contribution is -2.13. The van der Waals surface area contributed by atoms with Gasteiger partial charge in [-0.3, -0.25) is 0 Å². The lowest BCUT2D eigenvalue weighted by Gasteiger charge is -2.17. The summed E-state index contributed by atoms with van der Waals surface area (Å²) >= 11 is 3.50. The molecule has 4 heteroatoms. The average Bonchev–Trinajstić information content (AvgIpc) is 2.27. The third-order valence-electron chi connectivity index (χ3n) is 2.55. The van der Waals surface area contributed by atoms with Gasteiger partial charge in [-0.25, -0.2) is 0 Å². The van der Waals surface area contributed by atoms with E-state index in [0.29, 0.717) is 11.7 Å². The maximum absolute atomic E-state index is 9.77. The summed E-state index contributed by atoms with van der Waals surface area (Å²) in [5.74, 6) is 1.08. The number of benzene rings is 1. The molecule has 0 spiro atoms. The monoisotopic (exact) mass is 287 g/mol. The van der Waals surface area contributed by atoms with E-state index in [2.05, 4.69) is 29.8 Å². The van der Waals surface area contributed by atoms with E-state index in [-0.39, 0.29) is 6.54 Å². The highest BCUT2D eigenvalue weighted by Gasteiger charge is 2.16. The van der Waals surface area contributed by atoms with E-state index in [4.69, 9.17) is 10.5 Å². The average molecular weight is 288 g/mol. The summed E-state index contributed by atoms with van der Waals surface area (Å²) in [6.07, 6.45) is -0.688. The van der Waals surface area contributed by atoms with Crippen LogP contribution < -0.4 is 10.5 Å². The molecule has 0 aromatic heterocycles. The van der Waals surface area contributed by atoms with E-state index in [1.807, 2.05) is 12.1 Å². The molecule has 0 aliphatic rings. The Bertz CT molecular complexity index is 366. The highest BCUT2D eigenvalue weighted by molar-refractivity contribution is 9.10. The second kappa shape index (κ2) is 5.66. The highest BCUT2D eigenvalue weighted by atomic mass is 79.9. The Hall–Kier alpha value is -0.580. The number of halogens is 1. The predicted octanol–water partition coefficient (Wildman–Crippen LogP) is 2.57. The molecule has 3 N–H and O–H groups in total. The van der Waals surface area contributed by atoms with Crippen LogP contribution in [-0.4, -0.2) is 18.8 Å². The summed E-state index contributed by atoms with van der Waals surface area (Å²) in [5.41, 5.74) is 7.34. The molecular weight excluding hydrogens is 270 g/mol. The highest BCUT2D eigenvalue weighted by Crippen LogP contribution is 2.34. The number of methoxy groups -OCH3 is 1. The van der Waals surface area contributed by atoms with Gasteiger partial charge >= 0.3 is 0 Å². The lowest BCUT2D eigenvalue weighted by molar-refractivity contribution is 0.182. The fraction of sp³-hybridized carbons (Fsp3) is 0.500. The Morgan fingerprint density at radius 2 is 2.00 bits per heavy atom. The van der Waals surface area contributed by atoms with Crippen LogP contribution in [0.5, 0.6) is 5.75 Å². The predicted molar refractivity (Wildman–Crippen MR) is 68.8 cm³/mol. The first-order valence-corrected chi connectivity index (χ1v) is 6.06. The van der Waals surface area contributed by atoms with Crippen LogP contribution in [0.4, 0.5) is 0 Å². The number of ether oxygens (including phenoxy) is 1. The van der Waals surface area contributed by atoms with Crippen molar-refractivity contribution in [2.24, 2.45) is 5.73 Å². The summed E-state index contributed by atoms with van der Waals surface area (Å²) < 4.78 is 6.26. The third kappa shape index (κ3) is 2.75. The molecular formula is C12H18BrNO2. The van der Waals surface area contributed by atoms with Crippen LogP contribution in [0, 0.1) is 0 Å². The fourth-order valence-corrected chi connectivity index (χ4v) is 2.41. The second-order valence-electron chi connectivity index (χ2n) is 4.02. The molecule has 0 radical (unpaired) electrons. The molecule has 16 heavy (non-hydrogen) atoms. The smallest absolute Gasteiger partial charge is 0.125 e. The van der Waals surface area contributed by atoms with E-state index >= 15 is 0 Å². The van der Waals surface area contributed by atoms with Crippen LogP contribution in [-0.2, 0) is 0 Å². The fourth-order valence-electron chi connectivity index (χ4n) is 1.59. The van der Waals surface area contributed by atoms with E-state index in [0.717, 1.165) is 15.6 Å². The van der Waals surface area contributed by atoms with Crippen molar-refractivity contribution in [1.29, 1.82) is 0 Å². The number of rotatable bonds is 4. The summed E-state index contributed by atoms with van der Waals surface area (Å²) in [6.45, 7) is 4.40. The first-order chi connectivity index (χ1) is 7.51. The molecule has 1 unspecified atom stereocenters. The van der Waals surface area contributed by atoms with Crippen LogP contribution in [0.1, 0.15) is 37.0 Å². The van der Waals surface area contributed by atoms with Gasteiger partial charge in [0.1, 0.15) is 5.75 Å². The van der Waals surface area contributed by atoms with E-state index in [9.17, 15) is 5.11 Å². The summed E-state index contributed by atoms with van der Waals surface area (Å²) in [4.78, 5) is 0. The number of aliphatic hydroxyl groups excluding tert-OH is 1. The number of hydrogen-bond donors (Lipinski definition) is 2. The minimum Gasteiger partial charge on any atom is -0.496 e. The molecule has 0 amide bonds. The van der Waals surface area contributed by atoms with Crippen molar-refractivity contribution < 1.29 is 9.84 Å². The van der Waals surface area contributed by atoms with Gasteiger partial charge in [0.05, 0.1) is 13.2 Å². The zero-order chi connectivity index (χ0) is 12.3. The van der Waals surface area contributed by atoms with Gasteiger partial charge < -0.3 is 15.6 Å². The van der Waals surface area contributed by atoms with Crippen LogP contribution in [0.2, 0.25) is 0 Å². The molecule has 90 valence electrons. The van der Waals surface area contributed by atoms with Gasteiger partial charge in [0.25, 0.3) is 0 Å². The number of aliphatic hydroxyl groups is 1. The third-order valence-corrected chi connectivity index (χ3v) is 3.24. The van der Waals surface area contributed by atoms with E-state index in [1.54, 1.807) is 7.11 Å². The maximum atomic E-state index is 9.77. The van der Waals surface area contributed by atoms with Crippen molar-refractivity contribution in [3.8, 4) is 5.75 Å². The largest absolute Gasteiger partial charge is 0.496 e. The quantitative estimate of drug-likeness (QED) is 0.895. The van der Waals surface area contributed by atoms with Crippen LogP contribution in [0.25, 0.3) is 0 Å². The van der Waals surface area contributed by atoms with E-state index in [1.165, 1.54) is 0 Å². The molecule has 3 nitrogen and oxygen atoms in total. The minimum atomic E-state index is -0.688. The van der Waals surface area contributed by atoms with Gasteiger partial charge in [-0.1, -0.05) is 29.8 Å². The first-order valence-electron chi connectivity index (χ1n) is 5.26. The van der Waals surface area contributed by atoms with Gasteiger partial charge in [-0.05, 0) is 23.6 Å². The van der Waals surface area contributed by atoms with Gasteiger partial charge in [-0.2, -0.15) is 0 Å². The molecule has 1 aromatic rings. The van der Waals surface area contributed by atoms with Crippen molar-refractivity contribution >= 4 is 15.9 Å². The van der Waals surface area contributed by atoms with Crippen molar-refractivity contribution in [1.82, 2.24) is 0 Å². The Morgan fingerprint density at radius 3 is 2.44 bits per heavy atom. The summed E-state index contributed by atoms with van der Waals surface area (Å²) in [6, 6.07) is 3.83. The molecule has 0 heterocycles. The summed E-state index contributed by atoms with van der Waals surface area (Å²) in [7, 11) is 1.60. The normalized spacial score (nSPS) is 12.9. The summed E-state index contributed by atoms with van der Waals surface area (Å²) in [5, 5.41) is 9.77. The Morgan fingerprint density at radius 1 is 1.38 bits per heavy atom. The van der Waals surface area contributed by atoms with Gasteiger partial charge in [-0.15, -0.1) is 0 Å². The Labute approximate surface area is 105 Å². The molecule has 1 aromatic carbocycles. The maximum Gasteiger partial charge on any atom is 0.125 e. The zero-order valence-electron chi connectivity index (χ0n) is 9.83. The molecule has 0 saturated heterocycles. The van der Waals surface area contributed by atoms with E-state index < -0.39 is 6.10 Å². The number of hydrogen-bond acceptors (Lipinski definition) is 3. The van der Waals surface area contributed by atoms with Crippen molar-refractivity contribution in [2.75, 3.05) is 13.7 Å². The standard InChI is InChI=1S/C12H18BrNO2/c1-7(2)8-5-12(16-3)9(4-10(8)13)11(15)6-14/h4-5,7,11,15H,6,14H2,1-3H3. The second-order valence-corrected chi connectivity index (χ2v) is 4.88.